The van der Waals surface area contributed by atoms with Gasteiger partial charge in [-0.05, 0) is 6.08 Å². The number of rotatable bonds is 4. The Bertz CT molecular complexity index is 202. The van der Waals surface area contributed by atoms with Crippen molar-refractivity contribution in [1.29, 1.82) is 0 Å². The number of hydrogen-bond acceptors (Lipinski definition) is 3. The molecule has 0 N–H and O–H groups in total. The third-order valence-electron chi connectivity index (χ3n) is 0.908. The quantitative estimate of drug-likeness (QED) is 0.247. The summed E-state index contributed by atoms with van der Waals surface area (Å²) in [7, 11) is 0. The average Bonchev–Trinajstić information content (AvgIpc) is 1.99. The number of isocyanates is 1. The van der Waals surface area contributed by atoms with E-state index in [1.54, 1.807) is 0 Å². The molecule has 0 rings (SSSR count). The van der Waals surface area contributed by atoms with E-state index in [4.69, 9.17) is 0 Å². The molecule has 0 amide bonds. The Kier molecular flexibility index (Phi) is 3.76. The van der Waals surface area contributed by atoms with Crippen LogP contribution in [0.4, 0.5) is 0 Å². The van der Waals surface area contributed by atoms with Gasteiger partial charge in [-0.15, -0.1) is 6.58 Å². The van der Waals surface area contributed by atoms with E-state index in [1.165, 1.54) is 12.2 Å². The molecule has 0 aliphatic carbocycles. The predicted molar refractivity (Wildman–Crippen MR) is 37.3 cm³/mol. The van der Waals surface area contributed by atoms with Crippen molar-refractivity contribution in [3.63, 3.8) is 0 Å². The lowest BCUT2D eigenvalue weighted by Crippen LogP contribution is -2.11. The number of carbonyl (C=O) groups is 1. The van der Waals surface area contributed by atoms with Crippen molar-refractivity contribution in [2.75, 3.05) is 0 Å². The van der Waals surface area contributed by atoms with E-state index in [-0.39, 0.29) is 5.78 Å². The summed E-state index contributed by atoms with van der Waals surface area (Å²) in [6.07, 6.45) is 3.62. The second kappa shape index (κ2) is 4.41. The third kappa shape index (κ3) is 2.20. The Morgan fingerprint density at radius 1 is 1.60 bits per heavy atom. The Balaban J connectivity index is 4.33. The van der Waals surface area contributed by atoms with Crippen LogP contribution in [0.3, 0.4) is 0 Å². The summed E-state index contributed by atoms with van der Waals surface area (Å²) < 4.78 is 0. The minimum atomic E-state index is -0.810. The summed E-state index contributed by atoms with van der Waals surface area (Å²) >= 11 is 0. The highest BCUT2D eigenvalue weighted by atomic mass is 16.1. The van der Waals surface area contributed by atoms with Crippen LogP contribution in [-0.4, -0.2) is 17.9 Å². The molecule has 0 bridgehead atoms. The molecule has 52 valence electrons. The molecule has 0 aromatic heterocycles. The van der Waals surface area contributed by atoms with Gasteiger partial charge in [0.15, 0.2) is 5.78 Å². The maximum atomic E-state index is 10.7. The normalized spacial score (nSPS) is 10.8. The van der Waals surface area contributed by atoms with Crippen molar-refractivity contribution in [3.8, 4) is 0 Å². The zero-order valence-corrected chi connectivity index (χ0v) is 5.41. The van der Waals surface area contributed by atoms with Crippen molar-refractivity contribution in [3.05, 3.63) is 25.3 Å². The second-order valence-corrected chi connectivity index (χ2v) is 1.51. The van der Waals surface area contributed by atoms with Crippen LogP contribution in [0.2, 0.25) is 0 Å². The van der Waals surface area contributed by atoms with Gasteiger partial charge in [-0.3, -0.25) is 4.79 Å². The number of nitrogens with zero attached hydrogens (tertiary/aromatic N) is 1. The Morgan fingerprint density at radius 2 is 2.20 bits per heavy atom. The molecule has 0 saturated carbocycles. The van der Waals surface area contributed by atoms with Gasteiger partial charge in [0.05, 0.1) is 0 Å². The highest BCUT2D eigenvalue weighted by Crippen LogP contribution is 1.93. The average molecular weight is 137 g/mol. The molecular weight excluding hydrogens is 130 g/mol. The van der Waals surface area contributed by atoms with Gasteiger partial charge in [0.1, 0.15) is 6.04 Å². The smallest absolute Gasteiger partial charge is 0.236 e. The molecule has 0 aliphatic rings. The summed E-state index contributed by atoms with van der Waals surface area (Å²) in [6.45, 7) is 6.53. The minimum absolute atomic E-state index is 0.349. The highest BCUT2D eigenvalue weighted by Gasteiger charge is 2.07. The van der Waals surface area contributed by atoms with E-state index in [2.05, 4.69) is 18.2 Å². The standard InChI is InChI=1S/C7H7NO2/c1-3-6(8-5-9)7(10)4-2/h3-4,6H,1-2H2. The molecule has 3 heteroatoms. The summed E-state index contributed by atoms with van der Waals surface area (Å²) in [5, 5.41) is 0. The number of ketones is 1. The van der Waals surface area contributed by atoms with E-state index >= 15 is 0 Å². The molecule has 10 heavy (non-hydrogen) atoms. The van der Waals surface area contributed by atoms with E-state index < -0.39 is 6.04 Å². The van der Waals surface area contributed by atoms with Crippen LogP contribution in [0.15, 0.2) is 30.3 Å². The predicted octanol–water partition coefficient (Wildman–Crippen LogP) is 0.632. The molecule has 0 fully saturated rings. The van der Waals surface area contributed by atoms with Gasteiger partial charge in [-0.1, -0.05) is 12.7 Å². The minimum Gasteiger partial charge on any atom is -0.292 e. The highest BCUT2D eigenvalue weighted by molar-refractivity contribution is 5.95. The van der Waals surface area contributed by atoms with E-state index in [1.807, 2.05) is 0 Å². The zero-order chi connectivity index (χ0) is 7.98. The van der Waals surface area contributed by atoms with Crippen LogP contribution in [-0.2, 0) is 9.59 Å². The lowest BCUT2D eigenvalue weighted by atomic mass is 10.2. The molecule has 1 atom stereocenters. The first-order valence-electron chi connectivity index (χ1n) is 2.62. The van der Waals surface area contributed by atoms with Crippen LogP contribution in [0.25, 0.3) is 0 Å². The fourth-order valence-corrected chi connectivity index (χ4v) is 0.410. The molecule has 3 nitrogen and oxygen atoms in total. The van der Waals surface area contributed by atoms with Gasteiger partial charge in [-0.2, -0.15) is 4.99 Å². The van der Waals surface area contributed by atoms with Gasteiger partial charge in [-0.25, -0.2) is 4.79 Å². The summed E-state index contributed by atoms with van der Waals surface area (Å²) in [4.78, 5) is 23.5. The summed E-state index contributed by atoms with van der Waals surface area (Å²) in [5.74, 6) is -0.349. The maximum absolute atomic E-state index is 10.7. The van der Waals surface area contributed by atoms with Crippen LogP contribution in [0, 0.1) is 0 Å². The van der Waals surface area contributed by atoms with Gasteiger partial charge in [0, 0.05) is 0 Å². The molecule has 0 saturated heterocycles. The van der Waals surface area contributed by atoms with E-state index in [9.17, 15) is 9.59 Å². The SMILES string of the molecule is C=CC(=O)C(C=C)N=C=O. The lowest BCUT2D eigenvalue weighted by Gasteiger charge is -1.95. The molecule has 0 aromatic rings. The van der Waals surface area contributed by atoms with Crippen LogP contribution < -0.4 is 0 Å². The second-order valence-electron chi connectivity index (χ2n) is 1.51. The first-order chi connectivity index (χ1) is 4.76. The topological polar surface area (TPSA) is 46.5 Å². The van der Waals surface area contributed by atoms with Crippen molar-refractivity contribution in [2.24, 2.45) is 4.99 Å². The molecule has 0 aliphatic heterocycles. The molecular formula is C7H7NO2. The van der Waals surface area contributed by atoms with Crippen molar-refractivity contribution >= 4 is 11.9 Å². The fourth-order valence-electron chi connectivity index (χ4n) is 0.410. The monoisotopic (exact) mass is 137 g/mol. The van der Waals surface area contributed by atoms with Gasteiger partial charge in [0.2, 0.25) is 6.08 Å². The largest absolute Gasteiger partial charge is 0.292 e. The van der Waals surface area contributed by atoms with Crippen molar-refractivity contribution in [1.82, 2.24) is 0 Å². The maximum Gasteiger partial charge on any atom is 0.236 e. The first-order valence-corrected chi connectivity index (χ1v) is 2.62. The fraction of sp³-hybridized carbons (Fsp3) is 0.143. The van der Waals surface area contributed by atoms with E-state index in [0.29, 0.717) is 0 Å². The number of carbonyl (C=O) groups excluding carboxylic acids is 2. The van der Waals surface area contributed by atoms with Gasteiger partial charge < -0.3 is 0 Å². The van der Waals surface area contributed by atoms with Crippen molar-refractivity contribution in [2.45, 2.75) is 6.04 Å². The van der Waals surface area contributed by atoms with Gasteiger partial charge in [0.25, 0.3) is 0 Å². The van der Waals surface area contributed by atoms with Gasteiger partial charge >= 0.3 is 0 Å². The number of aliphatic imine (C=N–C) groups is 1. The van der Waals surface area contributed by atoms with Crippen LogP contribution in [0.5, 0.6) is 0 Å². The Morgan fingerprint density at radius 3 is 2.50 bits per heavy atom. The van der Waals surface area contributed by atoms with Crippen LogP contribution >= 0.6 is 0 Å². The Labute approximate surface area is 58.8 Å². The first kappa shape index (κ1) is 8.53. The molecule has 1 unspecified atom stereocenters. The zero-order valence-electron chi connectivity index (χ0n) is 5.41. The molecule has 0 heterocycles. The van der Waals surface area contributed by atoms with Crippen molar-refractivity contribution < 1.29 is 9.59 Å². The summed E-state index contributed by atoms with van der Waals surface area (Å²) in [6, 6.07) is -0.810. The molecule has 0 aromatic carbocycles. The Hall–Kier alpha value is -1.47. The van der Waals surface area contributed by atoms with Crippen LogP contribution in [0.1, 0.15) is 0 Å². The number of hydrogen-bond donors (Lipinski definition) is 0. The molecule has 0 radical (unpaired) electrons. The summed E-state index contributed by atoms with van der Waals surface area (Å²) in [5.41, 5.74) is 0. The third-order valence-corrected chi connectivity index (χ3v) is 0.908. The molecule has 0 spiro atoms. The van der Waals surface area contributed by atoms with E-state index in [0.717, 1.165) is 6.08 Å². The lowest BCUT2D eigenvalue weighted by molar-refractivity contribution is -0.114.